The maximum Gasteiger partial charge on any atom is 0.237 e. The maximum absolute atomic E-state index is 12.5. The van der Waals surface area contributed by atoms with Crippen LogP contribution >= 0.6 is 0 Å². The molecule has 0 saturated carbocycles. The first-order chi connectivity index (χ1) is 12.1. The highest BCUT2D eigenvalue weighted by atomic mass is 16.5. The van der Waals surface area contributed by atoms with Crippen molar-refractivity contribution in [1.29, 1.82) is 0 Å². The summed E-state index contributed by atoms with van der Waals surface area (Å²) in [4.78, 5) is 26.6. The molecule has 6 heteroatoms. The number of hydrogen-bond acceptors (Lipinski definition) is 4. The zero-order chi connectivity index (χ0) is 17.6. The van der Waals surface area contributed by atoms with Crippen molar-refractivity contribution in [2.45, 2.75) is 76.5 Å². The van der Waals surface area contributed by atoms with Crippen LogP contribution in [0.4, 0.5) is 0 Å². The number of carbonyl (C=O) groups excluding carboxylic acids is 2. The van der Waals surface area contributed by atoms with Crippen LogP contribution < -0.4 is 10.6 Å². The van der Waals surface area contributed by atoms with Gasteiger partial charge in [-0.2, -0.15) is 0 Å². The molecular weight excluding hydrogens is 318 g/mol. The Labute approximate surface area is 151 Å². The standard InChI is InChI=1S/C19H33N3O3/c1-14-6-7-16(25-14)8-9-18(23)22-11-3-4-15(13-22)12-21-19(24)17-5-2-10-20-17/h14-17,20H,2-13H2,1H3,(H,21,24). The number of ether oxygens (including phenoxy) is 1. The molecule has 3 fully saturated rings. The third-order valence-corrected chi connectivity index (χ3v) is 5.81. The molecule has 4 atom stereocenters. The molecule has 3 aliphatic heterocycles. The molecule has 0 aliphatic carbocycles. The summed E-state index contributed by atoms with van der Waals surface area (Å²) < 4.78 is 5.81. The number of carbonyl (C=O) groups is 2. The normalized spacial score (nSPS) is 32.8. The molecule has 0 radical (unpaired) electrons. The van der Waals surface area contributed by atoms with Gasteiger partial charge in [0.05, 0.1) is 18.2 Å². The van der Waals surface area contributed by atoms with Crippen LogP contribution in [0.1, 0.15) is 58.3 Å². The first-order valence-corrected chi connectivity index (χ1v) is 10.1. The molecule has 0 spiro atoms. The fraction of sp³-hybridized carbons (Fsp3) is 0.895. The highest BCUT2D eigenvalue weighted by Gasteiger charge is 2.27. The zero-order valence-corrected chi connectivity index (χ0v) is 15.5. The van der Waals surface area contributed by atoms with Crippen molar-refractivity contribution >= 4 is 11.8 Å². The number of nitrogens with zero attached hydrogens (tertiary/aromatic N) is 1. The lowest BCUT2D eigenvalue weighted by Gasteiger charge is -2.33. The second kappa shape index (κ2) is 8.99. The summed E-state index contributed by atoms with van der Waals surface area (Å²) in [6.45, 7) is 5.36. The first kappa shape index (κ1) is 18.6. The molecule has 0 aromatic heterocycles. The number of hydrogen-bond donors (Lipinski definition) is 2. The molecule has 2 N–H and O–H groups in total. The summed E-state index contributed by atoms with van der Waals surface area (Å²) in [6, 6.07) is -0.0184. The van der Waals surface area contributed by atoms with Gasteiger partial charge in [0.1, 0.15) is 0 Å². The first-order valence-electron chi connectivity index (χ1n) is 10.1. The van der Waals surface area contributed by atoms with Crippen LogP contribution in [0.2, 0.25) is 0 Å². The number of likely N-dealkylation sites (tertiary alicyclic amines) is 1. The van der Waals surface area contributed by atoms with Gasteiger partial charge < -0.3 is 20.3 Å². The molecule has 3 rings (SSSR count). The maximum atomic E-state index is 12.5. The highest BCUT2D eigenvalue weighted by Crippen LogP contribution is 2.24. The second-order valence-corrected chi connectivity index (χ2v) is 7.93. The minimum Gasteiger partial charge on any atom is -0.375 e. The summed E-state index contributed by atoms with van der Waals surface area (Å²) in [5.41, 5.74) is 0. The molecule has 0 aromatic rings. The van der Waals surface area contributed by atoms with Gasteiger partial charge in [0, 0.05) is 26.1 Å². The summed E-state index contributed by atoms with van der Waals surface area (Å²) in [5.74, 6) is 0.746. The molecule has 2 amide bonds. The van der Waals surface area contributed by atoms with E-state index in [0.717, 1.165) is 64.6 Å². The van der Waals surface area contributed by atoms with Gasteiger partial charge in [0.25, 0.3) is 0 Å². The van der Waals surface area contributed by atoms with Crippen molar-refractivity contribution in [3.05, 3.63) is 0 Å². The highest BCUT2D eigenvalue weighted by molar-refractivity contribution is 5.82. The smallest absolute Gasteiger partial charge is 0.237 e. The topological polar surface area (TPSA) is 70.7 Å². The Morgan fingerprint density at radius 1 is 1.20 bits per heavy atom. The molecule has 3 saturated heterocycles. The third-order valence-electron chi connectivity index (χ3n) is 5.81. The lowest BCUT2D eigenvalue weighted by molar-refractivity contribution is -0.133. The molecule has 3 heterocycles. The van der Waals surface area contributed by atoms with E-state index in [2.05, 4.69) is 17.6 Å². The van der Waals surface area contributed by atoms with Gasteiger partial charge in [-0.15, -0.1) is 0 Å². The van der Waals surface area contributed by atoms with Crippen LogP contribution in [0, 0.1) is 5.92 Å². The van der Waals surface area contributed by atoms with E-state index in [0.29, 0.717) is 25.0 Å². The van der Waals surface area contributed by atoms with E-state index >= 15 is 0 Å². The van der Waals surface area contributed by atoms with Crippen LogP contribution in [0.5, 0.6) is 0 Å². The van der Waals surface area contributed by atoms with Crippen LogP contribution in [0.15, 0.2) is 0 Å². The third kappa shape index (κ3) is 5.42. The molecule has 25 heavy (non-hydrogen) atoms. The molecule has 0 bridgehead atoms. The monoisotopic (exact) mass is 351 g/mol. The molecule has 142 valence electrons. The van der Waals surface area contributed by atoms with Crippen molar-refractivity contribution in [1.82, 2.24) is 15.5 Å². The fourth-order valence-corrected chi connectivity index (χ4v) is 4.27. The van der Waals surface area contributed by atoms with Crippen LogP contribution in [-0.4, -0.2) is 61.1 Å². The van der Waals surface area contributed by atoms with Crippen molar-refractivity contribution < 1.29 is 14.3 Å². The van der Waals surface area contributed by atoms with Crippen LogP contribution in [0.3, 0.4) is 0 Å². The Morgan fingerprint density at radius 2 is 2.08 bits per heavy atom. The number of nitrogens with one attached hydrogen (secondary N) is 2. The summed E-state index contributed by atoms with van der Waals surface area (Å²) >= 11 is 0. The van der Waals surface area contributed by atoms with Crippen LogP contribution in [-0.2, 0) is 14.3 Å². The van der Waals surface area contributed by atoms with E-state index < -0.39 is 0 Å². The van der Waals surface area contributed by atoms with E-state index in [1.54, 1.807) is 0 Å². The largest absolute Gasteiger partial charge is 0.375 e. The molecule has 6 nitrogen and oxygen atoms in total. The molecule has 4 unspecified atom stereocenters. The lowest BCUT2D eigenvalue weighted by Crippen LogP contribution is -2.46. The average Bonchev–Trinajstić information content (AvgIpc) is 3.29. The van der Waals surface area contributed by atoms with Crippen molar-refractivity contribution in [3.63, 3.8) is 0 Å². The van der Waals surface area contributed by atoms with Gasteiger partial charge >= 0.3 is 0 Å². The lowest BCUT2D eigenvalue weighted by atomic mass is 9.97. The van der Waals surface area contributed by atoms with Gasteiger partial charge in [-0.1, -0.05) is 0 Å². The zero-order valence-electron chi connectivity index (χ0n) is 15.5. The minimum atomic E-state index is -0.0184. The SMILES string of the molecule is CC1CCC(CCC(=O)N2CCCC(CNC(=O)C3CCCN3)C2)O1. The quantitative estimate of drug-likeness (QED) is 0.760. The van der Waals surface area contributed by atoms with Crippen molar-refractivity contribution in [2.75, 3.05) is 26.2 Å². The van der Waals surface area contributed by atoms with Gasteiger partial charge in [-0.25, -0.2) is 0 Å². The Balaban J connectivity index is 1.36. The predicted molar refractivity (Wildman–Crippen MR) is 96.1 cm³/mol. The van der Waals surface area contributed by atoms with Gasteiger partial charge in [0.15, 0.2) is 0 Å². The number of amides is 2. The van der Waals surface area contributed by atoms with E-state index in [1.807, 2.05) is 4.90 Å². The van der Waals surface area contributed by atoms with Gasteiger partial charge in [0.2, 0.25) is 11.8 Å². The molecule has 3 aliphatic rings. The van der Waals surface area contributed by atoms with Crippen molar-refractivity contribution in [2.24, 2.45) is 5.92 Å². The van der Waals surface area contributed by atoms with E-state index in [9.17, 15) is 9.59 Å². The number of piperidine rings is 1. The molecule has 0 aromatic carbocycles. The van der Waals surface area contributed by atoms with E-state index in [-0.39, 0.29) is 24.0 Å². The summed E-state index contributed by atoms with van der Waals surface area (Å²) in [5, 5.41) is 6.31. The Bertz CT molecular complexity index is 465. The Hall–Kier alpha value is -1.14. The summed E-state index contributed by atoms with van der Waals surface area (Å²) in [7, 11) is 0. The second-order valence-electron chi connectivity index (χ2n) is 7.93. The van der Waals surface area contributed by atoms with Gasteiger partial charge in [-0.05, 0) is 64.3 Å². The molecular formula is C19H33N3O3. The average molecular weight is 351 g/mol. The van der Waals surface area contributed by atoms with E-state index in [1.165, 1.54) is 0 Å². The van der Waals surface area contributed by atoms with Crippen molar-refractivity contribution in [3.8, 4) is 0 Å². The summed E-state index contributed by atoms with van der Waals surface area (Å²) in [6.07, 6.45) is 8.36. The number of rotatable bonds is 6. The van der Waals surface area contributed by atoms with E-state index in [4.69, 9.17) is 4.74 Å². The Kier molecular flexibility index (Phi) is 6.70. The van der Waals surface area contributed by atoms with Crippen LogP contribution in [0.25, 0.3) is 0 Å². The van der Waals surface area contributed by atoms with Gasteiger partial charge in [-0.3, -0.25) is 9.59 Å². The minimum absolute atomic E-state index is 0.0184. The predicted octanol–water partition coefficient (Wildman–Crippen LogP) is 1.44. The fourth-order valence-electron chi connectivity index (χ4n) is 4.27. The Morgan fingerprint density at radius 3 is 2.80 bits per heavy atom.